The predicted octanol–water partition coefficient (Wildman–Crippen LogP) is 2.57. The maximum Gasteiger partial charge on any atom is 0.251 e. The van der Waals surface area contributed by atoms with E-state index in [2.05, 4.69) is 15.6 Å². The van der Waals surface area contributed by atoms with Crippen LogP contribution in [0.15, 0.2) is 54.9 Å². The molecule has 1 aliphatic rings. The molecule has 2 aromatic carbocycles. The minimum atomic E-state index is -0.164. The fraction of sp³-hybridized carbons (Fsp3) is 0.211. The number of benzene rings is 2. The normalized spacial score (nSPS) is 13.6. The summed E-state index contributed by atoms with van der Waals surface area (Å²) in [6.45, 7) is 0.166. The van der Waals surface area contributed by atoms with E-state index in [1.54, 1.807) is 35.2 Å². The Hall–Kier alpha value is -3.15. The second kappa shape index (κ2) is 6.39. The molecule has 1 fully saturated rings. The largest absolute Gasteiger partial charge is 0.349 e. The Labute approximate surface area is 144 Å². The van der Waals surface area contributed by atoms with Crippen LogP contribution in [0.1, 0.15) is 23.2 Å². The molecule has 0 radical (unpaired) electrons. The van der Waals surface area contributed by atoms with Gasteiger partial charge in [-0.15, -0.1) is 0 Å². The van der Waals surface area contributed by atoms with Crippen molar-refractivity contribution in [3.8, 4) is 0 Å². The summed E-state index contributed by atoms with van der Waals surface area (Å²) in [5.74, 6) is -0.262. The van der Waals surface area contributed by atoms with Gasteiger partial charge in [0, 0.05) is 17.3 Å². The summed E-state index contributed by atoms with van der Waals surface area (Å²) in [7, 11) is 0. The second-order valence-electron chi connectivity index (χ2n) is 6.24. The summed E-state index contributed by atoms with van der Waals surface area (Å²) in [6.07, 6.45) is 3.74. The van der Waals surface area contributed by atoms with E-state index in [-0.39, 0.29) is 18.4 Å². The molecular weight excluding hydrogens is 316 g/mol. The number of hydrogen-bond acceptors (Lipinski definition) is 3. The zero-order valence-electron chi connectivity index (χ0n) is 13.6. The molecule has 0 saturated heterocycles. The molecule has 3 aromatic rings. The van der Waals surface area contributed by atoms with E-state index >= 15 is 0 Å². The number of carbonyl (C=O) groups is 2. The van der Waals surface area contributed by atoms with Crippen molar-refractivity contribution in [3.63, 3.8) is 0 Å². The van der Waals surface area contributed by atoms with Crippen LogP contribution in [-0.4, -0.2) is 27.4 Å². The number of aromatic nitrogens is 2. The molecule has 0 aliphatic heterocycles. The van der Waals surface area contributed by atoms with Crippen LogP contribution in [0.5, 0.6) is 0 Å². The molecule has 2 N–H and O–H groups in total. The summed E-state index contributed by atoms with van der Waals surface area (Å²) in [4.78, 5) is 28.7. The van der Waals surface area contributed by atoms with E-state index in [4.69, 9.17) is 0 Å². The van der Waals surface area contributed by atoms with E-state index < -0.39 is 0 Å². The first-order valence-electron chi connectivity index (χ1n) is 8.30. The number of nitrogens with zero attached hydrogens (tertiary/aromatic N) is 2. The van der Waals surface area contributed by atoms with Crippen LogP contribution in [0.25, 0.3) is 11.0 Å². The van der Waals surface area contributed by atoms with Crippen molar-refractivity contribution in [1.82, 2.24) is 14.9 Å². The van der Waals surface area contributed by atoms with Gasteiger partial charge in [-0.1, -0.05) is 18.2 Å². The quantitative estimate of drug-likeness (QED) is 0.753. The zero-order chi connectivity index (χ0) is 17.2. The maximum atomic E-state index is 12.3. The van der Waals surface area contributed by atoms with Gasteiger partial charge in [0.25, 0.3) is 5.91 Å². The highest BCUT2D eigenvalue weighted by atomic mass is 16.2. The standard InChI is InChI=1S/C19H18N4O2/c24-18(11-23-12-20-16-6-1-2-7-17(16)23)21-15-5-3-4-13(10-15)19(25)22-14-8-9-14/h1-7,10,12,14H,8-9,11H2,(H,21,24)(H,22,25). The molecule has 0 spiro atoms. The number of amides is 2. The van der Waals surface area contributed by atoms with Crippen LogP contribution < -0.4 is 10.6 Å². The Morgan fingerprint density at radius 3 is 2.80 bits per heavy atom. The molecule has 1 heterocycles. The Morgan fingerprint density at radius 1 is 1.12 bits per heavy atom. The van der Waals surface area contributed by atoms with Crippen LogP contribution in [0, 0.1) is 0 Å². The smallest absolute Gasteiger partial charge is 0.251 e. The number of anilines is 1. The molecule has 1 saturated carbocycles. The van der Waals surface area contributed by atoms with Crippen molar-refractivity contribution in [2.45, 2.75) is 25.4 Å². The Morgan fingerprint density at radius 2 is 1.96 bits per heavy atom. The molecule has 2 amide bonds. The molecule has 0 unspecified atom stereocenters. The number of hydrogen-bond donors (Lipinski definition) is 2. The lowest BCUT2D eigenvalue weighted by Gasteiger charge is -2.09. The first kappa shape index (κ1) is 15.4. The SMILES string of the molecule is O=C(Cn1cnc2ccccc21)Nc1cccc(C(=O)NC2CC2)c1. The van der Waals surface area contributed by atoms with Crippen LogP contribution in [0.4, 0.5) is 5.69 Å². The lowest BCUT2D eigenvalue weighted by atomic mass is 10.2. The van der Waals surface area contributed by atoms with Gasteiger partial charge in [0.05, 0.1) is 17.4 Å². The first-order chi connectivity index (χ1) is 12.2. The molecule has 25 heavy (non-hydrogen) atoms. The van der Waals surface area contributed by atoms with Crippen LogP contribution in [-0.2, 0) is 11.3 Å². The van der Waals surface area contributed by atoms with Crippen molar-refractivity contribution >= 4 is 28.5 Å². The fourth-order valence-corrected chi connectivity index (χ4v) is 2.73. The summed E-state index contributed by atoms with van der Waals surface area (Å²) in [6, 6.07) is 15.0. The average Bonchev–Trinajstić information content (AvgIpc) is 3.34. The number of rotatable bonds is 5. The van der Waals surface area contributed by atoms with Crippen LogP contribution in [0.2, 0.25) is 0 Å². The number of fused-ring (bicyclic) bond motifs is 1. The van der Waals surface area contributed by atoms with Crippen LogP contribution >= 0.6 is 0 Å². The third kappa shape index (κ3) is 3.52. The molecule has 0 bridgehead atoms. The second-order valence-corrected chi connectivity index (χ2v) is 6.24. The van der Waals surface area contributed by atoms with Gasteiger partial charge in [0.2, 0.25) is 5.91 Å². The number of imidazole rings is 1. The first-order valence-corrected chi connectivity index (χ1v) is 8.30. The van der Waals surface area contributed by atoms with E-state index in [1.807, 2.05) is 24.3 Å². The highest BCUT2D eigenvalue weighted by Crippen LogP contribution is 2.20. The van der Waals surface area contributed by atoms with Crippen LogP contribution in [0.3, 0.4) is 0 Å². The molecule has 6 heteroatoms. The van der Waals surface area contributed by atoms with Gasteiger partial charge in [0.15, 0.2) is 0 Å². The third-order valence-corrected chi connectivity index (χ3v) is 4.16. The van der Waals surface area contributed by atoms with Gasteiger partial charge in [-0.05, 0) is 43.2 Å². The van der Waals surface area contributed by atoms with Crippen molar-refractivity contribution in [3.05, 3.63) is 60.4 Å². The minimum absolute atomic E-state index is 0.0980. The maximum absolute atomic E-state index is 12.3. The van der Waals surface area contributed by atoms with E-state index in [0.717, 1.165) is 23.9 Å². The predicted molar refractivity (Wildman–Crippen MR) is 95.3 cm³/mol. The summed E-state index contributed by atoms with van der Waals surface area (Å²) >= 11 is 0. The van der Waals surface area contributed by atoms with E-state index in [0.29, 0.717) is 17.3 Å². The zero-order valence-corrected chi connectivity index (χ0v) is 13.6. The average molecular weight is 334 g/mol. The molecule has 126 valence electrons. The van der Waals surface area contributed by atoms with Gasteiger partial charge in [-0.3, -0.25) is 9.59 Å². The fourth-order valence-electron chi connectivity index (χ4n) is 2.73. The van der Waals surface area contributed by atoms with Gasteiger partial charge in [-0.2, -0.15) is 0 Å². The summed E-state index contributed by atoms with van der Waals surface area (Å²) < 4.78 is 1.80. The lowest BCUT2D eigenvalue weighted by molar-refractivity contribution is -0.116. The van der Waals surface area contributed by atoms with Gasteiger partial charge in [0.1, 0.15) is 6.54 Å². The van der Waals surface area contributed by atoms with Crippen molar-refractivity contribution in [2.75, 3.05) is 5.32 Å². The molecule has 0 atom stereocenters. The highest BCUT2D eigenvalue weighted by molar-refractivity contribution is 5.97. The number of para-hydroxylation sites is 2. The number of nitrogens with one attached hydrogen (secondary N) is 2. The molecule has 1 aromatic heterocycles. The molecule has 6 nitrogen and oxygen atoms in total. The Bertz CT molecular complexity index is 943. The topological polar surface area (TPSA) is 76.0 Å². The van der Waals surface area contributed by atoms with Crippen molar-refractivity contribution in [1.29, 1.82) is 0 Å². The van der Waals surface area contributed by atoms with Gasteiger partial charge >= 0.3 is 0 Å². The number of carbonyl (C=O) groups excluding carboxylic acids is 2. The van der Waals surface area contributed by atoms with Gasteiger partial charge in [-0.25, -0.2) is 4.98 Å². The van der Waals surface area contributed by atoms with E-state index in [1.165, 1.54) is 0 Å². The van der Waals surface area contributed by atoms with Crippen molar-refractivity contribution in [2.24, 2.45) is 0 Å². The Kier molecular flexibility index (Phi) is 3.93. The van der Waals surface area contributed by atoms with E-state index in [9.17, 15) is 9.59 Å². The molecule has 4 rings (SSSR count). The minimum Gasteiger partial charge on any atom is -0.349 e. The molecule has 1 aliphatic carbocycles. The summed E-state index contributed by atoms with van der Waals surface area (Å²) in [5, 5.41) is 5.78. The van der Waals surface area contributed by atoms with Crippen molar-refractivity contribution < 1.29 is 9.59 Å². The summed E-state index contributed by atoms with van der Waals surface area (Å²) in [5.41, 5.74) is 2.93. The van der Waals surface area contributed by atoms with Gasteiger partial charge < -0.3 is 15.2 Å². The molecular formula is C19H18N4O2. The Balaban J connectivity index is 1.44. The highest BCUT2D eigenvalue weighted by Gasteiger charge is 2.23. The monoisotopic (exact) mass is 334 g/mol. The lowest BCUT2D eigenvalue weighted by Crippen LogP contribution is -2.25. The third-order valence-electron chi connectivity index (χ3n) is 4.16.